The lowest BCUT2D eigenvalue weighted by Gasteiger charge is -2.41. The van der Waals surface area contributed by atoms with Gasteiger partial charge in [-0.2, -0.15) is 0 Å². The van der Waals surface area contributed by atoms with Crippen molar-refractivity contribution >= 4 is 19.8 Å². The number of phosphoric ester groups is 1. The van der Waals surface area contributed by atoms with Crippen molar-refractivity contribution in [3.05, 3.63) is 24.3 Å². The normalized spacial score (nSPS) is 21.8. The second-order valence-corrected chi connectivity index (χ2v) is 19.1. The number of phosphoric acid groups is 1. The number of esters is 2. The van der Waals surface area contributed by atoms with Gasteiger partial charge in [-0.15, -0.1) is 0 Å². The van der Waals surface area contributed by atoms with Gasteiger partial charge in [0.05, 0.1) is 6.61 Å². The van der Waals surface area contributed by atoms with E-state index in [0.717, 1.165) is 57.8 Å². The number of aliphatic hydroxyl groups excluding tert-OH is 5. The molecule has 6 unspecified atom stereocenters. The van der Waals surface area contributed by atoms with Crippen LogP contribution in [0.15, 0.2) is 24.3 Å². The van der Waals surface area contributed by atoms with Crippen LogP contribution in [0.2, 0.25) is 0 Å². The topological polar surface area (TPSA) is 210 Å². The minimum atomic E-state index is -5.12. The molecule has 1 fully saturated rings. The van der Waals surface area contributed by atoms with Gasteiger partial charge in [-0.25, -0.2) is 4.57 Å². The van der Waals surface area contributed by atoms with E-state index in [9.17, 15) is 44.6 Å². The zero-order valence-corrected chi connectivity index (χ0v) is 40.3. The number of carbonyl (C=O) groups excluding carboxylic acids is 2. The fourth-order valence-corrected chi connectivity index (χ4v) is 8.70. The second kappa shape index (κ2) is 39.5. The maximum Gasteiger partial charge on any atom is 0.472 e. The van der Waals surface area contributed by atoms with Gasteiger partial charge in [0.2, 0.25) is 0 Å². The maximum absolute atomic E-state index is 12.8. The average Bonchev–Trinajstić information content (AvgIpc) is 3.26. The Hall–Kier alpha value is -1.67. The first-order valence-electron chi connectivity index (χ1n) is 25.1. The molecule has 1 aliphatic carbocycles. The van der Waals surface area contributed by atoms with Crippen molar-refractivity contribution in [2.75, 3.05) is 13.2 Å². The molecular weight excluding hydrogens is 828 g/mol. The van der Waals surface area contributed by atoms with Crippen LogP contribution in [-0.2, 0) is 32.7 Å². The van der Waals surface area contributed by atoms with E-state index in [1.54, 1.807) is 0 Å². The molecule has 0 aromatic heterocycles. The largest absolute Gasteiger partial charge is 0.472 e. The molecule has 14 heteroatoms. The van der Waals surface area contributed by atoms with E-state index in [4.69, 9.17) is 18.5 Å². The standard InChI is InChI=1S/C49H91O13P/c1-3-5-7-9-11-13-15-17-18-19-20-21-22-23-24-26-28-30-32-34-36-38-43(51)61-41(40-60-63(57,58)62-49-47(55)45(53)44(52)46(54)48(49)56)39-59-42(50)37-35-33-31-29-27-25-16-14-12-10-8-6-4-2/h15,17,19-20,41,44-49,52-56H,3-14,16,18,21-40H2,1-2H3,(H,57,58)/b17-15-,20-19-. The first-order chi connectivity index (χ1) is 30.4. The molecule has 1 saturated carbocycles. The lowest BCUT2D eigenvalue weighted by atomic mass is 9.85. The van der Waals surface area contributed by atoms with E-state index in [1.165, 1.54) is 122 Å². The number of ether oxygens (including phenoxy) is 2. The van der Waals surface area contributed by atoms with E-state index < -0.39 is 75.7 Å². The molecule has 0 heterocycles. The predicted octanol–water partition coefficient (Wildman–Crippen LogP) is 10.4. The van der Waals surface area contributed by atoms with Crippen LogP contribution in [0, 0.1) is 0 Å². The molecule has 0 radical (unpaired) electrons. The van der Waals surface area contributed by atoms with Crippen molar-refractivity contribution < 1.29 is 63.1 Å². The van der Waals surface area contributed by atoms with Gasteiger partial charge >= 0.3 is 19.8 Å². The summed E-state index contributed by atoms with van der Waals surface area (Å²) in [4.78, 5) is 35.8. The summed E-state index contributed by atoms with van der Waals surface area (Å²) in [6.07, 6.45) is 30.8. The Bertz CT molecular complexity index is 1200. The van der Waals surface area contributed by atoms with Gasteiger partial charge in [-0.1, -0.05) is 186 Å². The Labute approximate surface area is 381 Å². The van der Waals surface area contributed by atoms with E-state index in [1.807, 2.05) is 0 Å². The summed E-state index contributed by atoms with van der Waals surface area (Å²) in [7, 11) is -5.12. The van der Waals surface area contributed by atoms with Crippen LogP contribution in [-0.4, -0.2) is 98.3 Å². The molecule has 0 saturated heterocycles. The van der Waals surface area contributed by atoms with Crippen molar-refractivity contribution in [3.8, 4) is 0 Å². The molecular formula is C49H91O13P. The van der Waals surface area contributed by atoms with Crippen molar-refractivity contribution in [2.24, 2.45) is 0 Å². The third-order valence-corrected chi connectivity index (χ3v) is 12.8. The molecule has 13 nitrogen and oxygen atoms in total. The highest BCUT2D eigenvalue weighted by molar-refractivity contribution is 7.47. The van der Waals surface area contributed by atoms with Gasteiger partial charge < -0.3 is 39.9 Å². The minimum Gasteiger partial charge on any atom is -0.462 e. The van der Waals surface area contributed by atoms with E-state index in [-0.39, 0.29) is 12.8 Å². The molecule has 0 bridgehead atoms. The van der Waals surface area contributed by atoms with Gasteiger partial charge in [0.1, 0.15) is 43.2 Å². The number of allylic oxidation sites excluding steroid dienone is 4. The maximum atomic E-state index is 12.8. The summed E-state index contributed by atoms with van der Waals surface area (Å²) in [5.41, 5.74) is 0. The zero-order valence-electron chi connectivity index (χ0n) is 39.4. The van der Waals surface area contributed by atoms with Crippen LogP contribution in [0.1, 0.15) is 219 Å². The Morgan fingerprint density at radius 1 is 0.492 bits per heavy atom. The summed E-state index contributed by atoms with van der Waals surface area (Å²) in [6.45, 7) is 3.31. The predicted molar refractivity (Wildman–Crippen MR) is 249 cm³/mol. The lowest BCUT2D eigenvalue weighted by Crippen LogP contribution is -2.64. The molecule has 0 aromatic carbocycles. The highest BCUT2D eigenvalue weighted by Crippen LogP contribution is 2.47. The van der Waals surface area contributed by atoms with Crippen LogP contribution in [0.3, 0.4) is 0 Å². The molecule has 0 aromatic rings. The summed E-state index contributed by atoms with van der Waals surface area (Å²) in [6, 6.07) is 0. The SMILES string of the molecule is CCCCCCC/C=C\C/C=C\CCCCCCCCCCCC(=O)OC(COC(=O)CCCCCCCCCCCCCCC)COP(=O)(O)OC1C(O)C(O)C(O)C(O)C1O. The smallest absolute Gasteiger partial charge is 0.462 e. The second-order valence-electron chi connectivity index (χ2n) is 17.7. The van der Waals surface area contributed by atoms with Crippen LogP contribution in [0.5, 0.6) is 0 Å². The van der Waals surface area contributed by atoms with Gasteiger partial charge in [-0.3, -0.25) is 18.6 Å². The van der Waals surface area contributed by atoms with E-state index in [0.29, 0.717) is 12.8 Å². The Balaban J connectivity index is 2.39. The van der Waals surface area contributed by atoms with Crippen LogP contribution < -0.4 is 0 Å². The monoisotopic (exact) mass is 919 g/mol. The highest BCUT2D eigenvalue weighted by atomic mass is 31.2. The lowest BCUT2D eigenvalue weighted by molar-refractivity contribution is -0.220. The molecule has 0 amide bonds. The molecule has 370 valence electrons. The Morgan fingerprint density at radius 3 is 1.29 bits per heavy atom. The van der Waals surface area contributed by atoms with Gasteiger partial charge in [0.25, 0.3) is 0 Å². The van der Waals surface area contributed by atoms with E-state index >= 15 is 0 Å². The molecule has 0 aliphatic heterocycles. The van der Waals surface area contributed by atoms with Crippen molar-refractivity contribution in [1.29, 1.82) is 0 Å². The van der Waals surface area contributed by atoms with Gasteiger partial charge in [-0.05, 0) is 44.9 Å². The summed E-state index contributed by atoms with van der Waals surface area (Å²) in [5, 5.41) is 50.2. The molecule has 0 spiro atoms. The minimum absolute atomic E-state index is 0.0949. The summed E-state index contributed by atoms with van der Waals surface area (Å²) >= 11 is 0. The molecule has 1 rings (SSSR count). The van der Waals surface area contributed by atoms with Crippen LogP contribution in [0.4, 0.5) is 0 Å². The van der Waals surface area contributed by atoms with Crippen molar-refractivity contribution in [2.45, 2.75) is 262 Å². The van der Waals surface area contributed by atoms with E-state index in [2.05, 4.69) is 38.2 Å². The summed E-state index contributed by atoms with van der Waals surface area (Å²) in [5.74, 6) is -1.09. The van der Waals surface area contributed by atoms with Crippen LogP contribution in [0.25, 0.3) is 0 Å². The first kappa shape index (κ1) is 59.3. The fourth-order valence-electron chi connectivity index (χ4n) is 7.73. The fraction of sp³-hybridized carbons (Fsp3) is 0.878. The van der Waals surface area contributed by atoms with Crippen molar-refractivity contribution in [1.82, 2.24) is 0 Å². The number of carbonyl (C=O) groups is 2. The molecule has 6 atom stereocenters. The zero-order chi connectivity index (χ0) is 46.4. The third kappa shape index (κ3) is 31.8. The molecule has 1 aliphatic rings. The Morgan fingerprint density at radius 2 is 0.857 bits per heavy atom. The molecule has 6 N–H and O–H groups in total. The number of unbranched alkanes of at least 4 members (excludes halogenated alkanes) is 26. The molecule has 63 heavy (non-hydrogen) atoms. The van der Waals surface area contributed by atoms with Crippen molar-refractivity contribution in [3.63, 3.8) is 0 Å². The quantitative estimate of drug-likeness (QED) is 0.0146. The van der Waals surface area contributed by atoms with Crippen LogP contribution >= 0.6 is 7.82 Å². The Kier molecular flexibility index (Phi) is 37.2. The van der Waals surface area contributed by atoms with Gasteiger partial charge in [0.15, 0.2) is 6.10 Å². The first-order valence-corrected chi connectivity index (χ1v) is 26.6. The third-order valence-electron chi connectivity index (χ3n) is 11.8. The number of aliphatic hydroxyl groups is 5. The summed E-state index contributed by atoms with van der Waals surface area (Å²) < 4.78 is 33.6. The van der Waals surface area contributed by atoms with Gasteiger partial charge in [0, 0.05) is 12.8 Å². The number of hydrogen-bond acceptors (Lipinski definition) is 12. The number of rotatable bonds is 42. The average molecular weight is 919 g/mol. The number of hydrogen-bond donors (Lipinski definition) is 6. The highest BCUT2D eigenvalue weighted by Gasteiger charge is 2.51.